The Morgan fingerprint density at radius 2 is 1.66 bits per heavy atom. The van der Waals surface area contributed by atoms with Crippen LogP contribution in [0.2, 0.25) is 0 Å². The van der Waals surface area contributed by atoms with Crippen molar-refractivity contribution in [3.05, 3.63) is 65.2 Å². The lowest BCUT2D eigenvalue weighted by Crippen LogP contribution is -2.52. The first-order valence-corrected chi connectivity index (χ1v) is 10.1. The van der Waals surface area contributed by atoms with E-state index in [0.29, 0.717) is 25.9 Å². The van der Waals surface area contributed by atoms with Gasteiger partial charge in [0.05, 0.1) is 6.04 Å². The number of nitrogens with one attached hydrogen (secondary N) is 2. The molecular weight excluding hydrogens is 386 g/mol. The third kappa shape index (κ3) is 4.98. The summed E-state index contributed by atoms with van der Waals surface area (Å²) in [5, 5.41) is 6.38. The van der Waals surface area contributed by atoms with E-state index in [-0.39, 0.29) is 36.2 Å². The second kappa shape index (κ2) is 9.42. The van der Waals surface area contributed by atoms with Crippen LogP contribution in [0.3, 0.4) is 0 Å². The molecule has 0 saturated carbocycles. The Morgan fingerprint density at radius 1 is 1.00 bits per heavy atom. The standard InChI is InChI=1S/C23H27N3O2.ClH/c1-16-6-8-20(9-7-16)25-22(27)17-10-12-26(13-11-17)23(28)21-14-18-4-2-3-5-19(18)15-24-21;/h2-9,17,21,24H,10-15H2,1H3,(H,25,27);1H. The van der Waals surface area contributed by atoms with E-state index in [4.69, 9.17) is 0 Å². The number of piperidine rings is 1. The highest BCUT2D eigenvalue weighted by atomic mass is 35.5. The highest BCUT2D eigenvalue weighted by Gasteiger charge is 2.32. The lowest BCUT2D eigenvalue weighted by Gasteiger charge is -2.35. The second-order valence-electron chi connectivity index (χ2n) is 7.86. The minimum absolute atomic E-state index is 0. The first-order chi connectivity index (χ1) is 13.6. The van der Waals surface area contributed by atoms with Crippen LogP contribution in [0.4, 0.5) is 5.69 Å². The number of fused-ring (bicyclic) bond motifs is 1. The van der Waals surface area contributed by atoms with Gasteiger partial charge in [0.1, 0.15) is 0 Å². The molecule has 154 valence electrons. The molecule has 1 atom stereocenters. The van der Waals surface area contributed by atoms with Crippen LogP contribution in [-0.4, -0.2) is 35.8 Å². The quantitative estimate of drug-likeness (QED) is 0.811. The van der Waals surface area contributed by atoms with E-state index >= 15 is 0 Å². The van der Waals surface area contributed by atoms with Gasteiger partial charge in [-0.2, -0.15) is 0 Å². The number of rotatable bonds is 3. The van der Waals surface area contributed by atoms with Gasteiger partial charge >= 0.3 is 0 Å². The average molecular weight is 414 g/mol. The molecule has 2 heterocycles. The van der Waals surface area contributed by atoms with Gasteiger partial charge in [-0.1, -0.05) is 42.0 Å². The molecule has 2 N–H and O–H groups in total. The van der Waals surface area contributed by atoms with Crippen LogP contribution in [0.25, 0.3) is 0 Å². The monoisotopic (exact) mass is 413 g/mol. The molecule has 0 aliphatic carbocycles. The van der Waals surface area contributed by atoms with Gasteiger partial charge in [0.25, 0.3) is 0 Å². The number of halogens is 1. The summed E-state index contributed by atoms with van der Waals surface area (Å²) < 4.78 is 0. The van der Waals surface area contributed by atoms with Crippen molar-refractivity contribution in [1.82, 2.24) is 10.2 Å². The maximum Gasteiger partial charge on any atom is 0.240 e. The molecule has 0 radical (unpaired) electrons. The van der Waals surface area contributed by atoms with Crippen molar-refractivity contribution in [2.75, 3.05) is 18.4 Å². The summed E-state index contributed by atoms with van der Waals surface area (Å²) in [6, 6.07) is 16.0. The summed E-state index contributed by atoms with van der Waals surface area (Å²) >= 11 is 0. The first-order valence-electron chi connectivity index (χ1n) is 10.1. The van der Waals surface area contributed by atoms with Crippen LogP contribution in [-0.2, 0) is 22.6 Å². The second-order valence-corrected chi connectivity index (χ2v) is 7.86. The SMILES string of the molecule is Cc1ccc(NC(=O)C2CCN(C(=O)C3Cc4ccccc4CN3)CC2)cc1.Cl. The molecule has 1 saturated heterocycles. The molecule has 1 unspecified atom stereocenters. The minimum Gasteiger partial charge on any atom is -0.341 e. The molecule has 29 heavy (non-hydrogen) atoms. The Morgan fingerprint density at radius 3 is 2.34 bits per heavy atom. The van der Waals surface area contributed by atoms with Crippen LogP contribution in [0.15, 0.2) is 48.5 Å². The van der Waals surface area contributed by atoms with Gasteiger partial charge in [-0.3, -0.25) is 9.59 Å². The summed E-state index contributed by atoms with van der Waals surface area (Å²) in [5.41, 5.74) is 4.54. The Balaban J connectivity index is 0.00000240. The number of hydrogen-bond acceptors (Lipinski definition) is 3. The molecule has 2 aliphatic rings. The van der Waals surface area contributed by atoms with Crippen molar-refractivity contribution in [3.8, 4) is 0 Å². The van der Waals surface area contributed by atoms with Crippen molar-refractivity contribution in [2.24, 2.45) is 5.92 Å². The summed E-state index contributed by atoms with van der Waals surface area (Å²) in [5.74, 6) is 0.179. The Kier molecular flexibility index (Phi) is 6.93. The molecule has 2 aromatic rings. The lowest BCUT2D eigenvalue weighted by molar-refractivity contribution is -0.136. The number of hydrogen-bond donors (Lipinski definition) is 2. The van der Waals surface area contributed by atoms with Crippen molar-refractivity contribution < 1.29 is 9.59 Å². The number of anilines is 1. The first kappa shape index (κ1) is 21.3. The number of carbonyl (C=O) groups is 2. The molecule has 5 nitrogen and oxygen atoms in total. The van der Waals surface area contributed by atoms with Crippen LogP contribution >= 0.6 is 12.4 Å². The smallest absolute Gasteiger partial charge is 0.240 e. The van der Waals surface area contributed by atoms with Gasteiger partial charge in [0.15, 0.2) is 0 Å². The van der Waals surface area contributed by atoms with Gasteiger partial charge in [-0.25, -0.2) is 0 Å². The zero-order chi connectivity index (χ0) is 19.5. The summed E-state index contributed by atoms with van der Waals surface area (Å²) in [6.07, 6.45) is 2.17. The van der Waals surface area contributed by atoms with Crippen LogP contribution in [0, 0.1) is 12.8 Å². The maximum atomic E-state index is 12.9. The van der Waals surface area contributed by atoms with Gasteiger partial charge in [-0.15, -0.1) is 12.4 Å². The Labute approximate surface area is 178 Å². The fraction of sp³-hybridized carbons (Fsp3) is 0.391. The van der Waals surface area contributed by atoms with E-state index in [1.165, 1.54) is 16.7 Å². The van der Waals surface area contributed by atoms with Gasteiger partial charge < -0.3 is 15.5 Å². The highest BCUT2D eigenvalue weighted by molar-refractivity contribution is 5.93. The summed E-state index contributed by atoms with van der Waals surface area (Å²) in [6.45, 7) is 4.05. The van der Waals surface area contributed by atoms with E-state index in [9.17, 15) is 9.59 Å². The summed E-state index contributed by atoms with van der Waals surface area (Å²) in [7, 11) is 0. The number of nitrogens with zero attached hydrogens (tertiary/aromatic N) is 1. The molecule has 1 fully saturated rings. The van der Waals surface area contributed by atoms with Gasteiger partial charge in [0, 0.05) is 31.2 Å². The molecule has 6 heteroatoms. The maximum absolute atomic E-state index is 12.9. The fourth-order valence-corrected chi connectivity index (χ4v) is 4.09. The topological polar surface area (TPSA) is 61.4 Å². The predicted molar refractivity (Wildman–Crippen MR) is 117 cm³/mol. The zero-order valence-electron chi connectivity index (χ0n) is 16.7. The summed E-state index contributed by atoms with van der Waals surface area (Å²) in [4.78, 5) is 27.4. The van der Waals surface area contributed by atoms with E-state index in [1.807, 2.05) is 48.2 Å². The van der Waals surface area contributed by atoms with E-state index in [0.717, 1.165) is 18.7 Å². The third-order valence-electron chi connectivity index (χ3n) is 5.88. The molecule has 0 spiro atoms. The van der Waals surface area contributed by atoms with Crippen LogP contribution in [0.1, 0.15) is 29.5 Å². The van der Waals surface area contributed by atoms with Crippen molar-refractivity contribution in [1.29, 1.82) is 0 Å². The minimum atomic E-state index is -0.159. The predicted octanol–water partition coefficient (Wildman–Crippen LogP) is 3.31. The molecular formula is C23H28ClN3O2. The fourth-order valence-electron chi connectivity index (χ4n) is 4.09. The van der Waals surface area contributed by atoms with E-state index in [1.54, 1.807) is 0 Å². The number of carbonyl (C=O) groups excluding carboxylic acids is 2. The largest absolute Gasteiger partial charge is 0.341 e. The third-order valence-corrected chi connectivity index (χ3v) is 5.88. The van der Waals surface area contributed by atoms with E-state index in [2.05, 4.69) is 22.8 Å². The average Bonchev–Trinajstić information content (AvgIpc) is 2.74. The number of aryl methyl sites for hydroxylation is 1. The lowest BCUT2D eigenvalue weighted by atomic mass is 9.92. The van der Waals surface area contributed by atoms with E-state index < -0.39 is 0 Å². The number of benzene rings is 2. The highest BCUT2D eigenvalue weighted by Crippen LogP contribution is 2.22. The molecule has 4 rings (SSSR count). The Hall–Kier alpha value is -2.37. The van der Waals surface area contributed by atoms with Crippen molar-refractivity contribution in [2.45, 2.75) is 38.8 Å². The van der Waals surface area contributed by atoms with Gasteiger partial charge in [0.2, 0.25) is 11.8 Å². The van der Waals surface area contributed by atoms with Crippen LogP contribution in [0.5, 0.6) is 0 Å². The molecule has 2 aromatic carbocycles. The molecule has 0 bridgehead atoms. The van der Waals surface area contributed by atoms with Gasteiger partial charge in [-0.05, 0) is 49.4 Å². The Bertz CT molecular complexity index is 861. The normalized spacial score (nSPS) is 19.1. The number of likely N-dealkylation sites (tertiary alicyclic amines) is 1. The molecule has 2 amide bonds. The number of amides is 2. The van der Waals surface area contributed by atoms with Crippen LogP contribution < -0.4 is 10.6 Å². The van der Waals surface area contributed by atoms with Crippen molar-refractivity contribution >= 4 is 29.9 Å². The zero-order valence-corrected chi connectivity index (χ0v) is 17.5. The van der Waals surface area contributed by atoms with Crippen molar-refractivity contribution in [3.63, 3.8) is 0 Å². The molecule has 2 aliphatic heterocycles. The molecule has 0 aromatic heterocycles.